The van der Waals surface area contributed by atoms with E-state index in [9.17, 15) is 0 Å². The molecule has 13 rings (SSSR count). The van der Waals surface area contributed by atoms with Gasteiger partial charge in [-0.15, -0.1) is 0 Å². The minimum absolute atomic E-state index is 0.409. The number of nitrogens with zero attached hydrogens (tertiary/aromatic N) is 3. The highest BCUT2D eigenvalue weighted by molar-refractivity contribution is 6.28. The Morgan fingerprint density at radius 3 is 1.28 bits per heavy atom. The zero-order valence-corrected chi connectivity index (χ0v) is 33.0. The second-order valence-electron chi connectivity index (χ2n) is 16.2. The topological polar surface area (TPSA) is 38.7 Å². The summed E-state index contributed by atoms with van der Waals surface area (Å²) in [5.41, 5.74) is 15.4. The smallest absolute Gasteiger partial charge is 0.164 e. The van der Waals surface area contributed by atoms with E-state index in [-0.39, 0.29) is 0 Å². The monoisotopic (exact) mass is 773 g/mol. The van der Waals surface area contributed by atoms with Crippen LogP contribution in [0.15, 0.2) is 212 Å². The molecule has 61 heavy (non-hydrogen) atoms. The molecule has 0 amide bonds. The van der Waals surface area contributed by atoms with Gasteiger partial charge in [0, 0.05) is 22.1 Å². The van der Waals surface area contributed by atoms with E-state index in [1.165, 1.54) is 77.0 Å². The van der Waals surface area contributed by atoms with Gasteiger partial charge in [0.1, 0.15) is 0 Å². The highest BCUT2D eigenvalue weighted by Crippen LogP contribution is 2.63. The molecule has 0 N–H and O–H groups in total. The van der Waals surface area contributed by atoms with E-state index in [4.69, 9.17) is 15.0 Å². The highest BCUT2D eigenvalue weighted by Gasteiger charge is 2.51. The summed E-state index contributed by atoms with van der Waals surface area (Å²) < 4.78 is 0. The van der Waals surface area contributed by atoms with E-state index in [2.05, 4.69) is 176 Å². The van der Waals surface area contributed by atoms with Gasteiger partial charge >= 0.3 is 0 Å². The van der Waals surface area contributed by atoms with E-state index >= 15 is 0 Å². The summed E-state index contributed by atoms with van der Waals surface area (Å²) in [6.45, 7) is 0. The van der Waals surface area contributed by atoms with Gasteiger partial charge in [-0.25, -0.2) is 15.0 Å². The fourth-order valence-corrected chi connectivity index (χ4v) is 10.6. The minimum atomic E-state index is -0.409. The van der Waals surface area contributed by atoms with Crippen molar-refractivity contribution in [3.8, 4) is 67.5 Å². The van der Waals surface area contributed by atoms with Crippen LogP contribution in [0, 0.1) is 0 Å². The predicted molar refractivity (Wildman–Crippen MR) is 250 cm³/mol. The number of aromatic nitrogens is 3. The first-order chi connectivity index (χ1) is 30.3. The molecular formula is C58H35N3. The Labute approximate surface area is 353 Å². The molecule has 0 radical (unpaired) electrons. The van der Waals surface area contributed by atoms with Crippen LogP contribution >= 0.6 is 0 Å². The van der Waals surface area contributed by atoms with Crippen molar-refractivity contribution in [1.82, 2.24) is 15.0 Å². The molecule has 0 bridgehead atoms. The van der Waals surface area contributed by atoms with Gasteiger partial charge in [0.15, 0.2) is 17.5 Å². The van der Waals surface area contributed by atoms with Crippen molar-refractivity contribution in [1.29, 1.82) is 0 Å². The molecule has 3 heteroatoms. The number of benzene rings is 10. The molecule has 11 aromatic rings. The maximum Gasteiger partial charge on any atom is 0.164 e. The highest BCUT2D eigenvalue weighted by atomic mass is 15.0. The van der Waals surface area contributed by atoms with Gasteiger partial charge < -0.3 is 0 Å². The van der Waals surface area contributed by atoms with Crippen molar-refractivity contribution in [3.63, 3.8) is 0 Å². The van der Waals surface area contributed by atoms with Crippen LogP contribution in [0.25, 0.3) is 99.9 Å². The van der Waals surface area contributed by atoms with Crippen LogP contribution in [0.5, 0.6) is 0 Å². The number of hydrogen-bond donors (Lipinski definition) is 0. The molecule has 1 spiro atoms. The first kappa shape index (κ1) is 33.9. The van der Waals surface area contributed by atoms with Crippen molar-refractivity contribution in [2.75, 3.05) is 0 Å². The van der Waals surface area contributed by atoms with Crippen molar-refractivity contribution < 1.29 is 0 Å². The third kappa shape index (κ3) is 4.83. The molecule has 1 heterocycles. The van der Waals surface area contributed by atoms with E-state index in [1.807, 2.05) is 36.4 Å². The molecule has 10 aromatic carbocycles. The van der Waals surface area contributed by atoms with E-state index < -0.39 is 5.41 Å². The van der Waals surface area contributed by atoms with Gasteiger partial charge in [0.2, 0.25) is 0 Å². The molecule has 2 aliphatic carbocycles. The summed E-state index contributed by atoms with van der Waals surface area (Å²) in [6, 6.07) is 77.0. The van der Waals surface area contributed by atoms with Crippen molar-refractivity contribution in [3.05, 3.63) is 235 Å². The molecule has 1 aromatic heterocycles. The molecular weight excluding hydrogens is 739 g/mol. The Hall–Kier alpha value is -8.01. The summed E-state index contributed by atoms with van der Waals surface area (Å²) in [5, 5.41) is 7.09. The number of fused-ring (bicyclic) bond motifs is 16. The standard InChI is InChI=1S/C58H35N3/c1-3-16-36(17-4-1)55-59-56(37-18-5-2-6-19-37)61-57(60-55)48-26-15-25-47-41-21-8-7-20-40(41)42-32-30-38(34-49(42)54(47)48)39-31-33-46-45-24-11-14-29-52(45)58(53(46)35-39)50-27-12-9-22-43(50)44-23-10-13-28-51(44)58/h1-35H. The Kier molecular flexibility index (Phi) is 7.22. The Morgan fingerprint density at radius 1 is 0.246 bits per heavy atom. The third-order valence-corrected chi connectivity index (χ3v) is 13.1. The van der Waals surface area contributed by atoms with Crippen LogP contribution in [0.4, 0.5) is 0 Å². The average Bonchev–Trinajstić information content (AvgIpc) is 3.81. The van der Waals surface area contributed by atoms with Crippen molar-refractivity contribution in [2.45, 2.75) is 5.41 Å². The number of hydrogen-bond acceptors (Lipinski definition) is 3. The Bertz CT molecular complexity index is 3470. The SMILES string of the molecule is c1ccc(-c2nc(-c3ccccc3)nc(-c3cccc4c5ccccc5c5ccc(-c6ccc7c(c6)C6(c8ccccc8-c8ccccc86)c6ccccc6-7)cc5c34)n2)cc1. The molecule has 2 aliphatic rings. The summed E-state index contributed by atoms with van der Waals surface area (Å²) >= 11 is 0. The first-order valence-electron chi connectivity index (χ1n) is 20.9. The van der Waals surface area contributed by atoms with Crippen LogP contribution in [-0.4, -0.2) is 15.0 Å². The Balaban J connectivity index is 1.07. The van der Waals surface area contributed by atoms with Crippen LogP contribution in [0.1, 0.15) is 22.3 Å². The lowest BCUT2D eigenvalue weighted by Gasteiger charge is -2.30. The fraction of sp³-hybridized carbons (Fsp3) is 0.0172. The summed E-state index contributed by atoms with van der Waals surface area (Å²) in [5.74, 6) is 1.95. The molecule has 0 saturated heterocycles. The second kappa shape index (κ2) is 13.0. The zero-order valence-electron chi connectivity index (χ0n) is 33.0. The van der Waals surface area contributed by atoms with Crippen molar-refractivity contribution >= 4 is 32.3 Å². The molecule has 282 valence electrons. The van der Waals surface area contributed by atoms with Gasteiger partial charge in [0.05, 0.1) is 5.41 Å². The van der Waals surface area contributed by atoms with Crippen molar-refractivity contribution in [2.24, 2.45) is 0 Å². The fourth-order valence-electron chi connectivity index (χ4n) is 10.6. The molecule has 0 aliphatic heterocycles. The molecule has 0 unspecified atom stereocenters. The summed E-state index contributed by atoms with van der Waals surface area (Å²) in [6.07, 6.45) is 0. The van der Waals surface area contributed by atoms with Gasteiger partial charge in [-0.1, -0.05) is 200 Å². The summed E-state index contributed by atoms with van der Waals surface area (Å²) in [4.78, 5) is 15.5. The normalized spacial score (nSPS) is 13.0. The lowest BCUT2D eigenvalue weighted by molar-refractivity contribution is 0.794. The quantitative estimate of drug-likeness (QED) is 0.167. The van der Waals surface area contributed by atoms with E-state index in [0.717, 1.165) is 27.6 Å². The number of rotatable bonds is 4. The third-order valence-electron chi connectivity index (χ3n) is 13.1. The minimum Gasteiger partial charge on any atom is -0.208 e. The maximum absolute atomic E-state index is 5.23. The maximum atomic E-state index is 5.23. The molecule has 3 nitrogen and oxygen atoms in total. The van der Waals surface area contributed by atoms with E-state index in [1.54, 1.807) is 0 Å². The molecule has 0 saturated carbocycles. The Morgan fingerprint density at radius 2 is 0.672 bits per heavy atom. The molecule has 0 fully saturated rings. The van der Waals surface area contributed by atoms with Crippen LogP contribution in [0.3, 0.4) is 0 Å². The largest absolute Gasteiger partial charge is 0.208 e. The van der Waals surface area contributed by atoms with Crippen LogP contribution in [0.2, 0.25) is 0 Å². The lowest BCUT2D eigenvalue weighted by atomic mass is 9.70. The van der Waals surface area contributed by atoms with Gasteiger partial charge in [-0.2, -0.15) is 0 Å². The van der Waals surface area contributed by atoms with E-state index in [0.29, 0.717) is 17.5 Å². The van der Waals surface area contributed by atoms with Crippen LogP contribution in [-0.2, 0) is 5.41 Å². The summed E-state index contributed by atoms with van der Waals surface area (Å²) in [7, 11) is 0. The first-order valence-corrected chi connectivity index (χ1v) is 20.9. The second-order valence-corrected chi connectivity index (χ2v) is 16.2. The van der Waals surface area contributed by atoms with Gasteiger partial charge in [-0.05, 0) is 94.7 Å². The van der Waals surface area contributed by atoms with Crippen LogP contribution < -0.4 is 0 Å². The molecule has 0 atom stereocenters. The zero-order chi connectivity index (χ0) is 40.1. The average molecular weight is 774 g/mol. The lowest BCUT2D eigenvalue weighted by Crippen LogP contribution is -2.25. The van der Waals surface area contributed by atoms with Gasteiger partial charge in [0.25, 0.3) is 0 Å². The van der Waals surface area contributed by atoms with Gasteiger partial charge in [-0.3, -0.25) is 0 Å². The predicted octanol–water partition coefficient (Wildman–Crippen LogP) is 14.3.